The zero-order chi connectivity index (χ0) is 44.0. The first kappa shape index (κ1) is 42.5. The van der Waals surface area contributed by atoms with Crippen LogP contribution in [0.4, 0.5) is 9.59 Å². The molecule has 4 N–H and O–H groups in total. The minimum atomic E-state index is -0.941. The number of methoxy groups -OCH3 is 4. The van der Waals surface area contributed by atoms with Crippen LogP contribution in [0.1, 0.15) is 88.2 Å². The second-order valence-corrected chi connectivity index (χ2v) is 16.4. The van der Waals surface area contributed by atoms with Gasteiger partial charge in [-0.2, -0.15) is 0 Å². The second kappa shape index (κ2) is 17.3. The molecule has 4 aromatic rings. The van der Waals surface area contributed by atoms with Gasteiger partial charge in [0.1, 0.15) is 48.4 Å². The van der Waals surface area contributed by atoms with Crippen molar-refractivity contribution in [2.75, 3.05) is 28.4 Å². The molecule has 0 spiro atoms. The van der Waals surface area contributed by atoms with Crippen LogP contribution >= 0.6 is 0 Å². The molecule has 4 aliphatic rings. The molecule has 2 aromatic heterocycles. The number of rotatable bonds is 12. The third-order valence-corrected chi connectivity index (χ3v) is 12.8. The highest BCUT2D eigenvalue weighted by atomic mass is 16.5. The molecule has 6 heterocycles. The van der Waals surface area contributed by atoms with Gasteiger partial charge in [-0.1, -0.05) is 0 Å². The summed E-state index contributed by atoms with van der Waals surface area (Å²) in [5, 5.41) is 5.29. The fraction of sp³-hybridized carbons (Fsp3) is 0.500. The summed E-state index contributed by atoms with van der Waals surface area (Å²) >= 11 is 0. The molecule has 4 amide bonds. The van der Waals surface area contributed by atoms with Crippen molar-refractivity contribution >= 4 is 24.0 Å². The summed E-state index contributed by atoms with van der Waals surface area (Å²) in [5.41, 5.74) is 7.19. The number of carbonyl (C=O) groups excluding carboxylic acids is 4. The number of nitrogens with one attached hydrogen (secondary N) is 4. The Balaban J connectivity index is 1.03. The molecule has 2 saturated heterocycles. The number of hydrogen-bond acceptors (Lipinski definition) is 12. The molecule has 4 aliphatic heterocycles. The summed E-state index contributed by atoms with van der Waals surface area (Å²) in [4.78, 5) is 72.3. The number of H-pyrrole nitrogens is 2. The lowest BCUT2D eigenvalue weighted by atomic mass is 9.87. The Hall–Kier alpha value is -6.14. The van der Waals surface area contributed by atoms with Crippen LogP contribution in [0.15, 0.2) is 36.7 Å². The van der Waals surface area contributed by atoms with E-state index in [4.69, 9.17) is 38.4 Å². The number of hydrogen-bond donors (Lipinski definition) is 4. The van der Waals surface area contributed by atoms with Gasteiger partial charge in [-0.15, -0.1) is 0 Å². The number of likely N-dealkylation sites (tertiary alicyclic amines) is 2. The number of benzene rings is 2. The van der Waals surface area contributed by atoms with E-state index >= 15 is 0 Å². The van der Waals surface area contributed by atoms with E-state index < -0.39 is 36.5 Å². The number of aromatic amines is 2. The van der Waals surface area contributed by atoms with E-state index in [2.05, 4.69) is 32.7 Å². The summed E-state index contributed by atoms with van der Waals surface area (Å²) in [6, 6.07) is 5.45. The molecule has 330 valence electrons. The zero-order valence-corrected chi connectivity index (χ0v) is 36.2. The molecule has 0 bridgehead atoms. The normalized spacial score (nSPS) is 21.8. The van der Waals surface area contributed by atoms with E-state index in [9.17, 15) is 19.2 Å². The predicted molar refractivity (Wildman–Crippen MR) is 224 cm³/mol. The number of ether oxygens (including phenoxy) is 6. The zero-order valence-electron chi connectivity index (χ0n) is 36.2. The number of alkyl carbamates (subject to hydrolysis) is 2. The smallest absolute Gasteiger partial charge is 0.407 e. The van der Waals surface area contributed by atoms with Crippen molar-refractivity contribution in [3.63, 3.8) is 0 Å². The fourth-order valence-electron chi connectivity index (χ4n) is 9.27. The molecule has 18 heteroatoms. The first-order valence-corrected chi connectivity index (χ1v) is 20.9. The molecule has 8 rings (SSSR count). The Kier molecular flexibility index (Phi) is 11.9. The molecule has 2 unspecified atom stereocenters. The highest BCUT2D eigenvalue weighted by molar-refractivity contribution is 5.90. The lowest BCUT2D eigenvalue weighted by Gasteiger charge is -2.33. The van der Waals surface area contributed by atoms with Gasteiger partial charge in [0.15, 0.2) is 0 Å². The Bertz CT molecular complexity index is 2150. The van der Waals surface area contributed by atoms with Gasteiger partial charge < -0.3 is 58.8 Å². The molecule has 62 heavy (non-hydrogen) atoms. The van der Waals surface area contributed by atoms with Gasteiger partial charge >= 0.3 is 12.2 Å². The predicted octanol–water partition coefficient (Wildman–Crippen LogP) is 5.54. The Morgan fingerprint density at radius 1 is 0.661 bits per heavy atom. The molecule has 0 saturated carbocycles. The number of imidazole rings is 2. The molecular formula is C44H54N8O10. The van der Waals surface area contributed by atoms with Crippen LogP contribution in [0.2, 0.25) is 0 Å². The molecular weight excluding hydrogens is 801 g/mol. The number of amides is 4. The minimum Gasteiger partial charge on any atom is -0.488 e. The second-order valence-electron chi connectivity index (χ2n) is 16.4. The van der Waals surface area contributed by atoms with E-state index in [-0.39, 0.29) is 36.0 Å². The van der Waals surface area contributed by atoms with Crippen molar-refractivity contribution in [2.45, 2.75) is 115 Å². The van der Waals surface area contributed by atoms with E-state index in [1.807, 2.05) is 26.0 Å². The number of carbonyl (C=O) groups is 4. The Labute approximate surface area is 359 Å². The number of aromatic nitrogens is 4. The summed E-state index contributed by atoms with van der Waals surface area (Å²) in [6.07, 6.45) is 3.87. The lowest BCUT2D eigenvalue weighted by molar-refractivity contribution is -0.140. The van der Waals surface area contributed by atoms with Crippen LogP contribution in [-0.2, 0) is 41.8 Å². The highest BCUT2D eigenvalue weighted by Gasteiger charge is 2.44. The monoisotopic (exact) mass is 854 g/mol. The lowest BCUT2D eigenvalue weighted by Crippen LogP contribution is -2.55. The first-order chi connectivity index (χ1) is 29.8. The maximum absolute atomic E-state index is 14.0. The third-order valence-electron chi connectivity index (χ3n) is 12.8. The van der Waals surface area contributed by atoms with Gasteiger partial charge in [-0.05, 0) is 77.6 Å². The van der Waals surface area contributed by atoms with Crippen molar-refractivity contribution in [1.82, 2.24) is 40.4 Å². The molecule has 0 radical (unpaired) electrons. The third kappa shape index (κ3) is 7.69. The Morgan fingerprint density at radius 3 is 1.44 bits per heavy atom. The summed E-state index contributed by atoms with van der Waals surface area (Å²) < 4.78 is 33.4. The van der Waals surface area contributed by atoms with Crippen molar-refractivity contribution < 1.29 is 47.6 Å². The maximum Gasteiger partial charge on any atom is 0.407 e. The van der Waals surface area contributed by atoms with Gasteiger partial charge in [-0.25, -0.2) is 19.6 Å². The van der Waals surface area contributed by atoms with E-state index in [0.29, 0.717) is 37.7 Å². The van der Waals surface area contributed by atoms with Gasteiger partial charge in [0.2, 0.25) is 11.8 Å². The average Bonchev–Trinajstić information content (AvgIpc) is 4.12. The molecule has 0 aliphatic carbocycles. The van der Waals surface area contributed by atoms with Gasteiger partial charge in [0.25, 0.3) is 0 Å². The molecule has 2 aromatic carbocycles. The van der Waals surface area contributed by atoms with Crippen molar-refractivity contribution in [3.05, 3.63) is 59.4 Å². The Morgan fingerprint density at radius 2 is 1.06 bits per heavy atom. The van der Waals surface area contributed by atoms with Crippen LogP contribution in [0, 0.1) is 0 Å². The topological polar surface area (TPSA) is 212 Å². The minimum absolute atomic E-state index is 0.0883. The fourth-order valence-corrected chi connectivity index (χ4v) is 9.27. The summed E-state index contributed by atoms with van der Waals surface area (Å²) in [7, 11) is 5.50. The average molecular weight is 855 g/mol. The van der Waals surface area contributed by atoms with Crippen LogP contribution in [0.3, 0.4) is 0 Å². The van der Waals surface area contributed by atoms with Crippen LogP contribution in [0.5, 0.6) is 11.5 Å². The van der Waals surface area contributed by atoms with E-state index in [0.717, 1.165) is 69.1 Å². The van der Waals surface area contributed by atoms with Gasteiger partial charge in [0.05, 0.1) is 62.3 Å². The SMILES string of the molecule is COC(=O)NC(C(=O)N1C(c2ncc(-c3cc4c5c(c3)OCc3cc(-c6cnc([C@@H]7CC[C@H](C)N7C(=O)[C@@H](NC(=O)OC)[C@@H](C)OC)[nH]6)cc(c3-5)OC4)[nH]2)CC[C@@H]1C)[C@@H](C)OC. The number of nitrogens with zero attached hydrogens (tertiary/aromatic N) is 4. The van der Waals surface area contributed by atoms with Crippen LogP contribution < -0.4 is 20.1 Å². The quantitative estimate of drug-likeness (QED) is 0.138. The molecule has 8 atom stereocenters. The summed E-state index contributed by atoms with van der Waals surface area (Å²) in [6.45, 7) is 8.08. The van der Waals surface area contributed by atoms with E-state index in [1.54, 1.807) is 36.0 Å². The highest BCUT2D eigenvalue weighted by Crippen LogP contribution is 2.51. The largest absolute Gasteiger partial charge is 0.488 e. The van der Waals surface area contributed by atoms with Crippen molar-refractivity contribution in [1.29, 1.82) is 0 Å². The van der Waals surface area contributed by atoms with Gasteiger partial charge in [-0.3, -0.25) is 9.59 Å². The van der Waals surface area contributed by atoms with Crippen LogP contribution in [0.25, 0.3) is 33.6 Å². The van der Waals surface area contributed by atoms with Crippen molar-refractivity contribution in [3.8, 4) is 45.1 Å². The van der Waals surface area contributed by atoms with E-state index in [1.165, 1.54) is 28.4 Å². The maximum atomic E-state index is 14.0. The van der Waals surface area contributed by atoms with Gasteiger partial charge in [0, 0.05) is 59.7 Å². The standard InChI is InChI=1S/C44H54N8O10/c1-21-9-11-31(51(21)41(53)37(23(3)57-5)49-43(55)59-7)39-45-17-29(47-39)25-13-27-19-62-34-16-26(14-28-20-61-33(15-25)35(27)36(28)34)30-18-46-40(48-30)32-12-10-22(2)52(32)42(54)38(24(4)58-6)50-44(56)60-8/h13-18,21-24,31-32,37-38H,9-12,19-20H2,1-8H3,(H,45,47)(H,46,48)(H,49,55)(H,50,56)/t21-,22-,23+,24+,31-,32?,37-,38?/m0/s1. The first-order valence-electron chi connectivity index (χ1n) is 20.9. The molecule has 2 fully saturated rings. The van der Waals surface area contributed by atoms with Crippen molar-refractivity contribution in [2.24, 2.45) is 0 Å². The molecule has 18 nitrogen and oxygen atoms in total. The summed E-state index contributed by atoms with van der Waals surface area (Å²) in [5.74, 6) is 2.22. The van der Waals surface area contributed by atoms with Crippen LogP contribution in [-0.4, -0.2) is 119 Å².